The van der Waals surface area contributed by atoms with E-state index in [0.717, 1.165) is 29.4 Å². The Balaban J connectivity index is 1.64. The van der Waals surface area contributed by atoms with Gasteiger partial charge in [-0.3, -0.25) is 0 Å². The monoisotopic (exact) mass is 260 g/mol. The van der Waals surface area contributed by atoms with Crippen LogP contribution in [-0.2, 0) is 5.54 Å². The van der Waals surface area contributed by atoms with Crippen molar-refractivity contribution in [2.75, 3.05) is 0 Å². The molecule has 3 nitrogen and oxygen atoms in total. The van der Waals surface area contributed by atoms with Gasteiger partial charge in [-0.2, -0.15) is 0 Å². The molecule has 0 saturated heterocycles. The molecule has 4 fully saturated rings. The second kappa shape index (κ2) is 3.85. The van der Waals surface area contributed by atoms with E-state index in [0.29, 0.717) is 5.92 Å². The smallest absolute Gasteiger partial charge is 0.156 e. The zero-order valence-electron chi connectivity index (χ0n) is 11.9. The SMILES string of the molecule is CC(C)(N)c1cc(C2C3CC4CC(C3)CC2C4)no1. The fraction of sp³-hybridized carbons (Fsp3) is 0.812. The van der Waals surface area contributed by atoms with E-state index in [2.05, 4.69) is 11.2 Å². The maximum atomic E-state index is 6.11. The number of hydrogen-bond donors (Lipinski definition) is 1. The van der Waals surface area contributed by atoms with Gasteiger partial charge in [0.05, 0.1) is 11.2 Å². The summed E-state index contributed by atoms with van der Waals surface area (Å²) in [6.07, 6.45) is 7.19. The van der Waals surface area contributed by atoms with Gasteiger partial charge in [-0.25, -0.2) is 0 Å². The molecular formula is C16H24N2O. The van der Waals surface area contributed by atoms with Crippen molar-refractivity contribution in [2.24, 2.45) is 29.4 Å². The molecule has 3 heteroatoms. The lowest BCUT2D eigenvalue weighted by Gasteiger charge is -2.53. The highest BCUT2D eigenvalue weighted by Gasteiger charge is 2.49. The predicted octanol–water partition coefficient (Wildman–Crippen LogP) is 3.41. The van der Waals surface area contributed by atoms with Gasteiger partial charge in [-0.1, -0.05) is 5.16 Å². The van der Waals surface area contributed by atoms with E-state index in [9.17, 15) is 0 Å². The van der Waals surface area contributed by atoms with Gasteiger partial charge < -0.3 is 10.3 Å². The molecule has 0 unspecified atom stereocenters. The Labute approximate surface area is 114 Å². The molecule has 4 saturated carbocycles. The van der Waals surface area contributed by atoms with E-state index in [1.165, 1.54) is 37.8 Å². The van der Waals surface area contributed by atoms with Crippen LogP contribution in [0, 0.1) is 23.7 Å². The van der Waals surface area contributed by atoms with Crippen molar-refractivity contribution < 1.29 is 4.52 Å². The summed E-state index contributed by atoms with van der Waals surface area (Å²) in [5.74, 6) is 5.21. The van der Waals surface area contributed by atoms with Crippen LogP contribution in [0.25, 0.3) is 0 Å². The third-order valence-electron chi connectivity index (χ3n) is 5.73. The first-order valence-electron chi connectivity index (χ1n) is 7.76. The third kappa shape index (κ3) is 1.85. The van der Waals surface area contributed by atoms with Crippen LogP contribution in [0.4, 0.5) is 0 Å². The Kier molecular flexibility index (Phi) is 2.42. The molecule has 1 heterocycles. The molecular weight excluding hydrogens is 236 g/mol. The maximum Gasteiger partial charge on any atom is 0.156 e. The first-order chi connectivity index (χ1) is 9.00. The lowest BCUT2D eigenvalue weighted by molar-refractivity contribution is -0.00507. The summed E-state index contributed by atoms with van der Waals surface area (Å²) < 4.78 is 5.51. The van der Waals surface area contributed by atoms with Gasteiger partial charge in [0.15, 0.2) is 5.76 Å². The van der Waals surface area contributed by atoms with Crippen molar-refractivity contribution >= 4 is 0 Å². The van der Waals surface area contributed by atoms with Crippen LogP contribution in [0.1, 0.15) is 63.3 Å². The predicted molar refractivity (Wildman–Crippen MR) is 73.5 cm³/mol. The van der Waals surface area contributed by atoms with Crippen molar-refractivity contribution in [3.8, 4) is 0 Å². The Morgan fingerprint density at radius 3 is 2.16 bits per heavy atom. The van der Waals surface area contributed by atoms with Gasteiger partial charge >= 0.3 is 0 Å². The Bertz CT molecular complexity index is 457. The van der Waals surface area contributed by atoms with Crippen LogP contribution in [0.3, 0.4) is 0 Å². The third-order valence-corrected chi connectivity index (χ3v) is 5.73. The lowest BCUT2D eigenvalue weighted by Crippen LogP contribution is -2.43. The van der Waals surface area contributed by atoms with E-state index < -0.39 is 5.54 Å². The molecule has 0 atom stereocenters. The van der Waals surface area contributed by atoms with Crippen molar-refractivity contribution in [2.45, 2.75) is 57.4 Å². The van der Waals surface area contributed by atoms with Crippen LogP contribution < -0.4 is 5.73 Å². The van der Waals surface area contributed by atoms with Gasteiger partial charge in [0, 0.05) is 12.0 Å². The largest absolute Gasteiger partial charge is 0.359 e. The lowest BCUT2D eigenvalue weighted by atomic mass is 9.51. The highest BCUT2D eigenvalue weighted by Crippen LogP contribution is 2.59. The second-order valence-electron chi connectivity index (χ2n) is 7.79. The molecule has 4 bridgehead atoms. The summed E-state index contributed by atoms with van der Waals surface area (Å²) in [7, 11) is 0. The summed E-state index contributed by atoms with van der Waals surface area (Å²) in [4.78, 5) is 0. The average molecular weight is 260 g/mol. The van der Waals surface area contributed by atoms with Gasteiger partial charge in [0.1, 0.15) is 0 Å². The minimum Gasteiger partial charge on any atom is -0.359 e. The molecule has 0 amide bonds. The molecule has 104 valence electrons. The van der Waals surface area contributed by atoms with Crippen LogP contribution >= 0.6 is 0 Å². The van der Waals surface area contributed by atoms with Crippen LogP contribution in [0.5, 0.6) is 0 Å². The molecule has 2 N–H and O–H groups in total. The highest BCUT2D eigenvalue weighted by atomic mass is 16.5. The minimum atomic E-state index is -0.419. The van der Waals surface area contributed by atoms with E-state index >= 15 is 0 Å². The summed E-state index contributed by atoms with van der Waals surface area (Å²) >= 11 is 0. The zero-order chi connectivity index (χ0) is 13.2. The summed E-state index contributed by atoms with van der Waals surface area (Å²) in [5, 5.41) is 4.37. The Hall–Kier alpha value is -0.830. The normalized spacial score (nSPS) is 40.9. The molecule has 1 aromatic heterocycles. The van der Waals surface area contributed by atoms with Crippen molar-refractivity contribution in [1.29, 1.82) is 0 Å². The molecule has 0 radical (unpaired) electrons. The number of nitrogens with zero attached hydrogens (tertiary/aromatic N) is 1. The second-order valence-corrected chi connectivity index (χ2v) is 7.79. The molecule has 4 aliphatic rings. The van der Waals surface area contributed by atoms with Crippen molar-refractivity contribution in [1.82, 2.24) is 5.16 Å². The first-order valence-corrected chi connectivity index (χ1v) is 7.76. The standard InChI is InChI=1S/C16H24N2O/c1-16(2,17)14-8-13(18-19-14)15-11-4-9-3-10(6-11)7-12(15)5-9/h8-12,15H,3-7,17H2,1-2H3. The molecule has 0 aromatic carbocycles. The Morgan fingerprint density at radius 1 is 1.11 bits per heavy atom. The number of hydrogen-bond acceptors (Lipinski definition) is 3. The van der Waals surface area contributed by atoms with E-state index in [1.807, 2.05) is 13.8 Å². The minimum absolute atomic E-state index is 0.419. The summed E-state index contributed by atoms with van der Waals surface area (Å²) in [6, 6.07) is 2.13. The average Bonchev–Trinajstić information content (AvgIpc) is 2.76. The van der Waals surface area contributed by atoms with Gasteiger partial charge in [-0.15, -0.1) is 0 Å². The molecule has 1 aromatic rings. The van der Waals surface area contributed by atoms with E-state index in [1.54, 1.807) is 0 Å². The molecule has 19 heavy (non-hydrogen) atoms. The van der Waals surface area contributed by atoms with Gasteiger partial charge in [-0.05, 0) is 69.6 Å². The van der Waals surface area contributed by atoms with Crippen LogP contribution in [-0.4, -0.2) is 5.16 Å². The quantitative estimate of drug-likeness (QED) is 0.886. The zero-order valence-corrected chi connectivity index (χ0v) is 11.9. The fourth-order valence-electron chi connectivity index (χ4n) is 5.16. The van der Waals surface area contributed by atoms with Gasteiger partial charge in [0.25, 0.3) is 0 Å². The molecule has 0 spiro atoms. The maximum absolute atomic E-state index is 6.11. The van der Waals surface area contributed by atoms with Crippen molar-refractivity contribution in [3.63, 3.8) is 0 Å². The topological polar surface area (TPSA) is 52.0 Å². The van der Waals surface area contributed by atoms with E-state index in [-0.39, 0.29) is 0 Å². The fourth-order valence-corrected chi connectivity index (χ4v) is 5.16. The van der Waals surface area contributed by atoms with Gasteiger partial charge in [0.2, 0.25) is 0 Å². The Morgan fingerprint density at radius 2 is 1.68 bits per heavy atom. The molecule has 0 aliphatic heterocycles. The van der Waals surface area contributed by atoms with E-state index in [4.69, 9.17) is 10.3 Å². The summed E-state index contributed by atoms with van der Waals surface area (Å²) in [6.45, 7) is 3.96. The number of nitrogens with two attached hydrogens (primary N) is 1. The highest BCUT2D eigenvalue weighted by molar-refractivity contribution is 5.20. The number of aromatic nitrogens is 1. The first kappa shape index (κ1) is 12.0. The van der Waals surface area contributed by atoms with Crippen LogP contribution in [0.15, 0.2) is 10.6 Å². The van der Waals surface area contributed by atoms with Crippen LogP contribution in [0.2, 0.25) is 0 Å². The summed E-state index contributed by atoms with van der Waals surface area (Å²) in [5.41, 5.74) is 6.87. The molecule has 4 aliphatic carbocycles. The molecule has 5 rings (SSSR count). The number of rotatable bonds is 2. The van der Waals surface area contributed by atoms with Crippen molar-refractivity contribution in [3.05, 3.63) is 17.5 Å².